The van der Waals surface area contributed by atoms with Crippen LogP contribution in [0.1, 0.15) is 17.7 Å². The third-order valence-electron chi connectivity index (χ3n) is 3.88. The molecule has 24 heavy (non-hydrogen) atoms. The number of hydrogen-bond acceptors (Lipinski definition) is 5. The van der Waals surface area contributed by atoms with E-state index in [1.165, 1.54) is 28.6 Å². The number of benzene rings is 1. The minimum absolute atomic E-state index is 0.191. The van der Waals surface area contributed by atoms with E-state index in [2.05, 4.69) is 4.98 Å². The fourth-order valence-electron chi connectivity index (χ4n) is 2.62. The molecule has 0 bridgehead atoms. The monoisotopic (exact) mass is 343 g/mol. The Kier molecular flexibility index (Phi) is 4.51. The van der Waals surface area contributed by atoms with Crippen molar-refractivity contribution in [3.8, 4) is 11.9 Å². The number of pyridine rings is 1. The molecule has 1 fully saturated rings. The lowest BCUT2D eigenvalue weighted by atomic mass is 10.2. The van der Waals surface area contributed by atoms with E-state index in [1.807, 2.05) is 25.1 Å². The van der Waals surface area contributed by atoms with Crippen molar-refractivity contribution in [2.24, 2.45) is 0 Å². The van der Waals surface area contributed by atoms with Gasteiger partial charge in [-0.25, -0.2) is 13.4 Å². The molecule has 124 valence electrons. The average Bonchev–Trinajstić information content (AvgIpc) is 3.04. The first-order valence-corrected chi connectivity index (χ1v) is 9.04. The predicted molar refractivity (Wildman–Crippen MR) is 87.9 cm³/mol. The highest BCUT2D eigenvalue weighted by molar-refractivity contribution is 7.89. The van der Waals surface area contributed by atoms with Crippen molar-refractivity contribution in [2.75, 3.05) is 13.1 Å². The van der Waals surface area contributed by atoms with Crippen molar-refractivity contribution in [2.45, 2.75) is 24.3 Å². The van der Waals surface area contributed by atoms with Gasteiger partial charge in [-0.1, -0.05) is 6.07 Å². The van der Waals surface area contributed by atoms with Crippen molar-refractivity contribution < 1.29 is 13.2 Å². The molecule has 0 spiro atoms. The van der Waals surface area contributed by atoms with Gasteiger partial charge < -0.3 is 4.74 Å². The van der Waals surface area contributed by atoms with Gasteiger partial charge in [-0.2, -0.15) is 9.57 Å². The topological polar surface area (TPSA) is 83.3 Å². The molecule has 0 radical (unpaired) electrons. The largest absolute Gasteiger partial charge is 0.473 e. The smallest absolute Gasteiger partial charge is 0.243 e. The van der Waals surface area contributed by atoms with Crippen LogP contribution in [0.2, 0.25) is 0 Å². The SMILES string of the molecule is Cc1cccc(OC2CCN(S(=O)(=O)c3ccc(C#N)cc3)C2)n1. The summed E-state index contributed by atoms with van der Waals surface area (Å²) in [6.45, 7) is 2.57. The number of nitriles is 1. The van der Waals surface area contributed by atoms with Gasteiger partial charge in [0.15, 0.2) is 0 Å². The van der Waals surface area contributed by atoms with Gasteiger partial charge in [-0.05, 0) is 43.7 Å². The number of rotatable bonds is 4. The molecule has 0 amide bonds. The third-order valence-corrected chi connectivity index (χ3v) is 5.76. The van der Waals surface area contributed by atoms with Gasteiger partial charge in [0.1, 0.15) is 6.10 Å². The van der Waals surface area contributed by atoms with E-state index in [9.17, 15) is 8.42 Å². The number of sulfonamides is 1. The van der Waals surface area contributed by atoms with Crippen LogP contribution in [0.15, 0.2) is 47.4 Å². The van der Waals surface area contributed by atoms with E-state index in [0.29, 0.717) is 24.4 Å². The fourth-order valence-corrected chi connectivity index (χ4v) is 4.10. The van der Waals surface area contributed by atoms with Crippen molar-refractivity contribution >= 4 is 10.0 Å². The first kappa shape index (κ1) is 16.4. The summed E-state index contributed by atoms with van der Waals surface area (Å²) >= 11 is 0. The molecule has 3 rings (SSSR count). The van der Waals surface area contributed by atoms with Crippen molar-refractivity contribution in [3.05, 3.63) is 53.7 Å². The van der Waals surface area contributed by atoms with Crippen LogP contribution >= 0.6 is 0 Å². The number of hydrogen-bond donors (Lipinski definition) is 0. The van der Waals surface area contributed by atoms with Crippen molar-refractivity contribution in [1.29, 1.82) is 5.26 Å². The van der Waals surface area contributed by atoms with Crippen LogP contribution in [0.25, 0.3) is 0 Å². The highest BCUT2D eigenvalue weighted by atomic mass is 32.2. The molecule has 2 heterocycles. The van der Waals surface area contributed by atoms with Crippen LogP contribution in [-0.4, -0.2) is 36.9 Å². The quantitative estimate of drug-likeness (QED) is 0.849. The summed E-state index contributed by atoms with van der Waals surface area (Å²) in [5, 5.41) is 8.80. The first-order chi connectivity index (χ1) is 11.5. The van der Waals surface area contributed by atoms with Crippen LogP contribution < -0.4 is 4.74 Å². The Balaban J connectivity index is 1.71. The number of aryl methyl sites for hydroxylation is 1. The molecule has 1 unspecified atom stereocenters. The molecule has 1 saturated heterocycles. The van der Waals surface area contributed by atoms with Crippen LogP contribution in [0, 0.1) is 18.3 Å². The van der Waals surface area contributed by atoms with E-state index in [4.69, 9.17) is 10.00 Å². The molecule has 1 aliphatic heterocycles. The van der Waals surface area contributed by atoms with Gasteiger partial charge >= 0.3 is 0 Å². The van der Waals surface area contributed by atoms with Gasteiger partial charge in [0.2, 0.25) is 15.9 Å². The summed E-state index contributed by atoms with van der Waals surface area (Å²) in [6.07, 6.45) is 0.401. The highest BCUT2D eigenvalue weighted by Gasteiger charge is 2.33. The zero-order valence-corrected chi connectivity index (χ0v) is 14.0. The maximum atomic E-state index is 12.7. The van der Waals surface area contributed by atoms with Crippen LogP contribution in [0.4, 0.5) is 0 Å². The first-order valence-electron chi connectivity index (χ1n) is 7.60. The maximum Gasteiger partial charge on any atom is 0.243 e. The standard InChI is InChI=1S/C17H17N3O3S/c1-13-3-2-4-17(19-13)23-15-9-10-20(12-15)24(21,22)16-7-5-14(11-18)6-8-16/h2-8,15H,9-10,12H2,1H3. The van der Waals surface area contributed by atoms with Crippen LogP contribution in [0.3, 0.4) is 0 Å². The Labute approximate surface area is 141 Å². The molecule has 0 saturated carbocycles. The molecule has 1 aromatic carbocycles. The van der Waals surface area contributed by atoms with Gasteiger partial charge in [-0.3, -0.25) is 0 Å². The summed E-state index contributed by atoms with van der Waals surface area (Å²) in [7, 11) is -3.57. The van der Waals surface area contributed by atoms with E-state index in [1.54, 1.807) is 6.07 Å². The molecule has 1 aliphatic rings. The highest BCUT2D eigenvalue weighted by Crippen LogP contribution is 2.23. The van der Waals surface area contributed by atoms with Crippen molar-refractivity contribution in [3.63, 3.8) is 0 Å². The van der Waals surface area contributed by atoms with E-state index < -0.39 is 10.0 Å². The predicted octanol–water partition coefficient (Wildman–Crippen LogP) is 2.10. The summed E-state index contributed by atoms with van der Waals surface area (Å²) < 4.78 is 32.5. The van der Waals surface area contributed by atoms with E-state index >= 15 is 0 Å². The Morgan fingerprint density at radius 1 is 1.25 bits per heavy atom. The molecular weight excluding hydrogens is 326 g/mol. The zero-order chi connectivity index (χ0) is 17.2. The molecule has 0 N–H and O–H groups in total. The van der Waals surface area contributed by atoms with Gasteiger partial charge in [0, 0.05) is 18.3 Å². The molecule has 6 nitrogen and oxygen atoms in total. The van der Waals surface area contributed by atoms with Gasteiger partial charge in [-0.15, -0.1) is 0 Å². The molecule has 1 aromatic heterocycles. The number of ether oxygens (including phenoxy) is 1. The Bertz CT molecular complexity index is 873. The van der Waals surface area contributed by atoms with E-state index in [-0.39, 0.29) is 17.5 Å². The lowest BCUT2D eigenvalue weighted by Crippen LogP contribution is -2.31. The lowest BCUT2D eigenvalue weighted by Gasteiger charge is -2.17. The van der Waals surface area contributed by atoms with Gasteiger partial charge in [0.05, 0.1) is 23.1 Å². The summed E-state index contributed by atoms with van der Waals surface area (Å²) in [5.41, 5.74) is 1.29. The molecule has 1 atom stereocenters. The molecule has 2 aromatic rings. The van der Waals surface area contributed by atoms with Crippen molar-refractivity contribution in [1.82, 2.24) is 9.29 Å². The normalized spacial score (nSPS) is 18.2. The molecule has 7 heteroatoms. The second kappa shape index (κ2) is 6.59. The zero-order valence-electron chi connectivity index (χ0n) is 13.2. The minimum Gasteiger partial charge on any atom is -0.473 e. The molecule has 0 aliphatic carbocycles. The summed E-state index contributed by atoms with van der Waals surface area (Å²) in [5.74, 6) is 0.512. The van der Waals surface area contributed by atoms with E-state index in [0.717, 1.165) is 5.69 Å². The second-order valence-corrected chi connectivity index (χ2v) is 7.58. The second-order valence-electron chi connectivity index (χ2n) is 5.64. The summed E-state index contributed by atoms with van der Waals surface area (Å²) in [6, 6.07) is 13.4. The number of aromatic nitrogens is 1. The number of nitrogens with zero attached hydrogens (tertiary/aromatic N) is 3. The fraction of sp³-hybridized carbons (Fsp3) is 0.294. The lowest BCUT2D eigenvalue weighted by molar-refractivity contribution is 0.206. The van der Waals surface area contributed by atoms with Crippen LogP contribution in [-0.2, 0) is 10.0 Å². The third kappa shape index (κ3) is 3.40. The molecular formula is C17H17N3O3S. The van der Waals surface area contributed by atoms with Gasteiger partial charge in [0.25, 0.3) is 0 Å². The maximum absolute atomic E-state index is 12.7. The Morgan fingerprint density at radius 3 is 2.67 bits per heavy atom. The minimum atomic E-state index is -3.57. The van der Waals surface area contributed by atoms with Crippen LogP contribution in [0.5, 0.6) is 5.88 Å². The summed E-state index contributed by atoms with van der Waals surface area (Å²) in [4.78, 5) is 4.47. The Morgan fingerprint density at radius 2 is 2.00 bits per heavy atom. The average molecular weight is 343 g/mol. The Hall–Kier alpha value is -2.43.